The van der Waals surface area contributed by atoms with Crippen LogP contribution >= 0.6 is 54.8 Å². The van der Waals surface area contributed by atoms with Crippen molar-refractivity contribution in [3.8, 4) is 0 Å². The van der Waals surface area contributed by atoms with Gasteiger partial charge in [0.05, 0.1) is 9.16 Å². The number of hydrogen-bond donors (Lipinski definition) is 0. The van der Waals surface area contributed by atoms with Gasteiger partial charge in [0.1, 0.15) is 5.82 Å². The second-order valence-corrected chi connectivity index (χ2v) is 7.39. The summed E-state index contributed by atoms with van der Waals surface area (Å²) in [6.07, 6.45) is 0. The number of rotatable bonds is 2. The van der Waals surface area contributed by atoms with Gasteiger partial charge >= 0.3 is 0 Å². The van der Waals surface area contributed by atoms with Gasteiger partial charge in [-0.25, -0.2) is 4.39 Å². The van der Waals surface area contributed by atoms with Crippen LogP contribution in [0.1, 0.15) is 21.4 Å². The molecular formula is C12H8Br2ClFS. The molecule has 0 spiro atoms. The van der Waals surface area contributed by atoms with E-state index in [4.69, 9.17) is 11.6 Å². The first-order valence-electron chi connectivity index (χ1n) is 4.83. The standard InChI is InChI=1S/C12H8Br2ClFS/c1-6-2-7(4-8(16)3-6)11(15)10-5-9(13)12(14)17-10/h2-5,11H,1H3. The van der Waals surface area contributed by atoms with E-state index in [0.717, 1.165) is 24.3 Å². The number of alkyl halides is 1. The number of thiophene rings is 1. The van der Waals surface area contributed by atoms with Crippen molar-refractivity contribution in [3.63, 3.8) is 0 Å². The number of halogens is 4. The van der Waals surface area contributed by atoms with E-state index in [1.807, 2.05) is 19.1 Å². The molecule has 0 aliphatic rings. The molecule has 0 radical (unpaired) electrons. The molecule has 1 aromatic carbocycles. The van der Waals surface area contributed by atoms with Crippen LogP contribution in [-0.4, -0.2) is 0 Å². The summed E-state index contributed by atoms with van der Waals surface area (Å²) in [6, 6.07) is 6.83. The van der Waals surface area contributed by atoms with Crippen LogP contribution in [0.3, 0.4) is 0 Å². The van der Waals surface area contributed by atoms with Gasteiger partial charge in [0.15, 0.2) is 0 Å². The monoisotopic (exact) mass is 396 g/mol. The molecule has 0 aliphatic carbocycles. The minimum atomic E-state index is -0.322. The molecule has 90 valence electrons. The minimum Gasteiger partial charge on any atom is -0.207 e. The molecule has 0 saturated heterocycles. The average Bonchev–Trinajstić information content (AvgIpc) is 2.57. The fraction of sp³-hybridized carbons (Fsp3) is 0.167. The smallest absolute Gasteiger partial charge is 0.123 e. The van der Waals surface area contributed by atoms with Crippen LogP contribution in [0.15, 0.2) is 32.5 Å². The van der Waals surface area contributed by atoms with Gasteiger partial charge in [-0.2, -0.15) is 0 Å². The molecule has 2 rings (SSSR count). The molecule has 0 amide bonds. The molecule has 0 N–H and O–H groups in total. The Morgan fingerprint density at radius 2 is 1.94 bits per heavy atom. The lowest BCUT2D eigenvalue weighted by molar-refractivity contribution is 0.624. The molecule has 2 aromatic rings. The van der Waals surface area contributed by atoms with Gasteiger partial charge in [0, 0.05) is 9.35 Å². The second-order valence-electron chi connectivity index (χ2n) is 3.69. The van der Waals surface area contributed by atoms with Crippen molar-refractivity contribution in [2.75, 3.05) is 0 Å². The molecule has 17 heavy (non-hydrogen) atoms. The van der Waals surface area contributed by atoms with Gasteiger partial charge in [-0.15, -0.1) is 22.9 Å². The Morgan fingerprint density at radius 1 is 1.24 bits per heavy atom. The maximum absolute atomic E-state index is 13.3. The highest BCUT2D eigenvalue weighted by molar-refractivity contribution is 9.13. The van der Waals surface area contributed by atoms with Crippen LogP contribution in [0.25, 0.3) is 0 Å². The Bertz CT molecular complexity index is 514. The molecule has 5 heteroatoms. The summed E-state index contributed by atoms with van der Waals surface area (Å²) in [5, 5.41) is -0.322. The van der Waals surface area contributed by atoms with Crippen LogP contribution in [0.4, 0.5) is 4.39 Å². The fourth-order valence-electron chi connectivity index (χ4n) is 1.56. The molecule has 0 saturated carbocycles. The number of hydrogen-bond acceptors (Lipinski definition) is 1. The lowest BCUT2D eigenvalue weighted by atomic mass is 10.1. The van der Waals surface area contributed by atoms with Gasteiger partial charge < -0.3 is 0 Å². The van der Waals surface area contributed by atoms with E-state index in [1.54, 1.807) is 11.3 Å². The Kier molecular flexibility index (Phi) is 4.29. The summed E-state index contributed by atoms with van der Waals surface area (Å²) in [4.78, 5) is 0.982. The van der Waals surface area contributed by atoms with Gasteiger partial charge in [0.2, 0.25) is 0 Å². The molecule has 1 heterocycles. The first-order chi connectivity index (χ1) is 7.97. The van der Waals surface area contributed by atoms with E-state index in [1.165, 1.54) is 12.1 Å². The molecule has 1 unspecified atom stereocenters. The average molecular weight is 399 g/mol. The zero-order valence-corrected chi connectivity index (χ0v) is 13.6. The van der Waals surface area contributed by atoms with Crippen LogP contribution in [0, 0.1) is 12.7 Å². The summed E-state index contributed by atoms with van der Waals surface area (Å²) in [5.41, 5.74) is 1.66. The topological polar surface area (TPSA) is 0 Å². The van der Waals surface area contributed by atoms with E-state index in [0.29, 0.717) is 0 Å². The summed E-state index contributed by atoms with van der Waals surface area (Å²) < 4.78 is 15.3. The lowest BCUT2D eigenvalue weighted by Crippen LogP contribution is -1.92. The second kappa shape index (κ2) is 5.39. The van der Waals surface area contributed by atoms with E-state index >= 15 is 0 Å². The predicted octanol–water partition coefficient (Wildman–Crippen LogP) is 6.05. The van der Waals surface area contributed by atoms with Crippen molar-refractivity contribution in [1.82, 2.24) is 0 Å². The highest BCUT2D eigenvalue weighted by Gasteiger charge is 2.16. The van der Waals surface area contributed by atoms with E-state index in [-0.39, 0.29) is 11.2 Å². The Morgan fingerprint density at radius 3 is 2.47 bits per heavy atom. The SMILES string of the molecule is Cc1cc(F)cc(C(Cl)c2cc(Br)c(Br)s2)c1. The minimum absolute atomic E-state index is 0.250. The maximum Gasteiger partial charge on any atom is 0.123 e. The summed E-state index contributed by atoms with van der Waals surface area (Å²) in [7, 11) is 0. The van der Waals surface area contributed by atoms with Gasteiger partial charge in [-0.3, -0.25) is 0 Å². The highest BCUT2D eigenvalue weighted by Crippen LogP contribution is 2.40. The van der Waals surface area contributed by atoms with Crippen LogP contribution in [0.5, 0.6) is 0 Å². The molecule has 0 aliphatic heterocycles. The molecular weight excluding hydrogens is 390 g/mol. The Hall–Kier alpha value is 0.1000. The van der Waals surface area contributed by atoms with Crippen LogP contribution in [-0.2, 0) is 0 Å². The molecule has 0 bridgehead atoms. The molecule has 0 nitrogen and oxygen atoms in total. The van der Waals surface area contributed by atoms with Crippen LogP contribution < -0.4 is 0 Å². The zero-order valence-electron chi connectivity index (χ0n) is 8.81. The summed E-state index contributed by atoms with van der Waals surface area (Å²) >= 11 is 14.7. The normalized spacial score (nSPS) is 12.8. The van der Waals surface area contributed by atoms with Crippen molar-refractivity contribution >= 4 is 54.8 Å². The number of aryl methyl sites for hydroxylation is 1. The molecule has 1 aromatic heterocycles. The Balaban J connectivity index is 2.39. The van der Waals surface area contributed by atoms with Gasteiger partial charge in [-0.05, 0) is 68.1 Å². The molecule has 1 atom stereocenters. The number of benzene rings is 1. The van der Waals surface area contributed by atoms with E-state index in [9.17, 15) is 4.39 Å². The summed E-state index contributed by atoms with van der Waals surface area (Å²) in [6.45, 7) is 1.86. The van der Waals surface area contributed by atoms with Crippen molar-refractivity contribution < 1.29 is 4.39 Å². The third kappa shape index (κ3) is 3.11. The van der Waals surface area contributed by atoms with Crippen LogP contribution in [0.2, 0.25) is 0 Å². The lowest BCUT2D eigenvalue weighted by Gasteiger charge is -2.08. The Labute approximate surface area is 125 Å². The van der Waals surface area contributed by atoms with Crippen molar-refractivity contribution in [2.45, 2.75) is 12.3 Å². The predicted molar refractivity (Wildman–Crippen MR) is 78.6 cm³/mol. The third-order valence-corrected chi connectivity index (χ3v) is 6.21. The van der Waals surface area contributed by atoms with Crippen molar-refractivity contribution in [3.05, 3.63) is 54.3 Å². The van der Waals surface area contributed by atoms with Gasteiger partial charge in [0.25, 0.3) is 0 Å². The highest BCUT2D eigenvalue weighted by atomic mass is 79.9. The largest absolute Gasteiger partial charge is 0.207 e. The van der Waals surface area contributed by atoms with Crippen molar-refractivity contribution in [1.29, 1.82) is 0 Å². The first-order valence-corrected chi connectivity index (χ1v) is 7.67. The van der Waals surface area contributed by atoms with Crippen molar-refractivity contribution in [2.24, 2.45) is 0 Å². The summed E-state index contributed by atoms with van der Waals surface area (Å²) in [5.74, 6) is -0.250. The van der Waals surface area contributed by atoms with E-state index < -0.39 is 0 Å². The quantitative estimate of drug-likeness (QED) is 0.540. The third-order valence-electron chi connectivity index (χ3n) is 2.27. The maximum atomic E-state index is 13.3. The fourth-order valence-corrected chi connectivity index (χ4v) is 3.98. The van der Waals surface area contributed by atoms with E-state index in [2.05, 4.69) is 31.9 Å². The van der Waals surface area contributed by atoms with Gasteiger partial charge in [-0.1, -0.05) is 6.07 Å². The molecule has 0 fully saturated rings. The zero-order chi connectivity index (χ0) is 12.6. The first kappa shape index (κ1) is 13.5.